The first kappa shape index (κ1) is 55.6. The van der Waals surface area contributed by atoms with Gasteiger partial charge in [-0.2, -0.15) is 0 Å². The minimum absolute atomic E-state index is 0.0360. The maximum Gasteiger partial charge on any atom is 0.145 e. The van der Waals surface area contributed by atoms with Gasteiger partial charge in [0.25, 0.3) is 0 Å². The van der Waals surface area contributed by atoms with E-state index >= 15 is 0 Å². The van der Waals surface area contributed by atoms with Gasteiger partial charge < -0.3 is 14.6 Å². The summed E-state index contributed by atoms with van der Waals surface area (Å²) in [6.07, 6.45) is 0. The first-order chi connectivity index (χ1) is 45.8. The standard InChI is InChI=1S/C91H68N2O/c1-89(2,3)65-39-43-67(44-40-65)92-81-50-38-63(62-34-32-57-20-8-10-22-60(57)52-62)53-76(81)64-37-49-74-77(54-64)70-23-11-12-26-73(70)85-86-80(91(87(74)85)78-28-16-13-24-71(78)72-25-14-17-29-79(72)91)55-82(84-75-27-15-18-30-83(75)94-88(84)86)93(69-47-41-66(42-48-69)90(4,5)6)68-45-35-58(36-46-68)61-33-31-56-19-7-9-21-59(56)51-61/h7-55,92H,1-6H3. The van der Waals surface area contributed by atoms with Crippen molar-refractivity contribution in [3.05, 3.63) is 331 Å². The zero-order chi connectivity index (χ0) is 63.2. The molecule has 0 aliphatic heterocycles. The van der Waals surface area contributed by atoms with Crippen LogP contribution in [0.2, 0.25) is 0 Å². The molecule has 2 aliphatic rings. The lowest BCUT2D eigenvalue weighted by atomic mass is 9.69. The van der Waals surface area contributed by atoms with Gasteiger partial charge in [-0.05, 0) is 211 Å². The number of fused-ring (bicyclic) bond motifs is 21. The second kappa shape index (κ2) is 20.9. The molecule has 3 nitrogen and oxygen atoms in total. The van der Waals surface area contributed by atoms with Crippen molar-refractivity contribution in [1.29, 1.82) is 0 Å². The molecule has 0 amide bonds. The van der Waals surface area contributed by atoms with Gasteiger partial charge in [-0.3, -0.25) is 0 Å². The highest BCUT2D eigenvalue weighted by molar-refractivity contribution is 6.27. The number of nitrogens with one attached hydrogen (secondary N) is 1. The Labute approximate surface area is 548 Å². The lowest BCUT2D eigenvalue weighted by molar-refractivity contribution is 0.590. The molecule has 15 aromatic carbocycles. The SMILES string of the molecule is CC(C)(C)c1ccc(Nc2ccc(-c3ccc4ccccc4c3)cc2-c2ccc3c4c(c5ccccc5c3c2)-c2c(cc(N(c3ccc(-c5ccc6ccccc6c5)cc3)c3ccc(C(C)(C)C)cc3)c3c2oc2ccccc23)C42c3ccccc3-c3ccccc32)cc1. The van der Waals surface area contributed by atoms with Crippen molar-refractivity contribution < 1.29 is 4.42 Å². The van der Waals surface area contributed by atoms with Gasteiger partial charge in [0, 0.05) is 39.3 Å². The summed E-state index contributed by atoms with van der Waals surface area (Å²) in [5.41, 5.74) is 25.6. The normalized spacial score (nSPS) is 13.1. The van der Waals surface area contributed by atoms with Crippen LogP contribution >= 0.6 is 0 Å². The Morgan fingerprint density at radius 3 is 1.48 bits per heavy atom. The minimum Gasteiger partial charge on any atom is -0.455 e. The van der Waals surface area contributed by atoms with Crippen LogP contribution in [0, 0.1) is 0 Å². The van der Waals surface area contributed by atoms with E-state index in [1.54, 1.807) is 0 Å². The zero-order valence-electron chi connectivity index (χ0n) is 53.6. The van der Waals surface area contributed by atoms with Crippen LogP contribution in [0.4, 0.5) is 28.4 Å². The summed E-state index contributed by atoms with van der Waals surface area (Å²) in [5.74, 6) is 0. The molecule has 18 rings (SSSR count). The summed E-state index contributed by atoms with van der Waals surface area (Å²) in [6.45, 7) is 13.7. The van der Waals surface area contributed by atoms with Gasteiger partial charge in [0.05, 0.1) is 16.5 Å². The van der Waals surface area contributed by atoms with Crippen molar-refractivity contribution in [2.24, 2.45) is 0 Å². The molecule has 448 valence electrons. The average molecular weight is 1210 g/mol. The quantitative estimate of drug-likeness (QED) is 0.154. The number of hydrogen-bond donors (Lipinski definition) is 1. The van der Waals surface area contributed by atoms with Crippen molar-refractivity contribution in [1.82, 2.24) is 0 Å². The second-order valence-electron chi connectivity index (χ2n) is 28.0. The number of benzene rings is 15. The van der Waals surface area contributed by atoms with Crippen molar-refractivity contribution in [2.45, 2.75) is 57.8 Å². The molecule has 1 heterocycles. The smallest absolute Gasteiger partial charge is 0.145 e. The monoisotopic (exact) mass is 1200 g/mol. The molecule has 16 aromatic rings. The Balaban J connectivity index is 0.913. The molecule has 1 N–H and O–H groups in total. The van der Waals surface area contributed by atoms with Crippen LogP contribution in [-0.4, -0.2) is 0 Å². The van der Waals surface area contributed by atoms with E-state index in [-0.39, 0.29) is 10.8 Å². The zero-order valence-corrected chi connectivity index (χ0v) is 53.6. The molecule has 1 spiro atoms. The highest BCUT2D eigenvalue weighted by Crippen LogP contribution is 2.68. The maximum absolute atomic E-state index is 7.63. The van der Waals surface area contributed by atoms with Gasteiger partial charge in [0.15, 0.2) is 0 Å². The van der Waals surface area contributed by atoms with Gasteiger partial charge in [0.1, 0.15) is 11.2 Å². The molecule has 0 unspecified atom stereocenters. The summed E-state index contributed by atoms with van der Waals surface area (Å²) in [7, 11) is 0. The third kappa shape index (κ3) is 8.57. The van der Waals surface area contributed by atoms with E-state index in [0.29, 0.717) is 0 Å². The lowest BCUT2D eigenvalue weighted by Crippen LogP contribution is -2.26. The highest BCUT2D eigenvalue weighted by atomic mass is 16.3. The van der Waals surface area contributed by atoms with E-state index < -0.39 is 5.41 Å². The molecule has 0 bridgehead atoms. The van der Waals surface area contributed by atoms with Gasteiger partial charge in [0.2, 0.25) is 0 Å². The van der Waals surface area contributed by atoms with Crippen LogP contribution in [0.1, 0.15) is 74.9 Å². The number of para-hydroxylation sites is 1. The van der Waals surface area contributed by atoms with Crippen LogP contribution in [0.15, 0.2) is 302 Å². The number of nitrogens with zero attached hydrogens (tertiary/aromatic N) is 1. The first-order valence-electron chi connectivity index (χ1n) is 33.0. The Morgan fingerprint density at radius 1 is 0.340 bits per heavy atom. The Hall–Kier alpha value is -11.3. The van der Waals surface area contributed by atoms with E-state index in [0.717, 1.165) is 78.2 Å². The van der Waals surface area contributed by atoms with Crippen LogP contribution in [-0.2, 0) is 16.2 Å². The van der Waals surface area contributed by atoms with Crippen molar-refractivity contribution in [2.75, 3.05) is 10.2 Å². The number of rotatable bonds is 8. The van der Waals surface area contributed by atoms with Crippen LogP contribution < -0.4 is 10.2 Å². The third-order valence-corrected chi connectivity index (χ3v) is 20.5. The van der Waals surface area contributed by atoms with E-state index in [2.05, 4.69) is 349 Å². The summed E-state index contributed by atoms with van der Waals surface area (Å²) < 4.78 is 7.63. The van der Waals surface area contributed by atoms with E-state index in [1.165, 1.54) is 104 Å². The fourth-order valence-corrected chi connectivity index (χ4v) is 15.9. The van der Waals surface area contributed by atoms with Gasteiger partial charge in [-0.15, -0.1) is 0 Å². The summed E-state index contributed by atoms with van der Waals surface area (Å²) in [4.78, 5) is 2.50. The molecule has 3 heteroatoms. The summed E-state index contributed by atoms with van der Waals surface area (Å²) >= 11 is 0. The van der Waals surface area contributed by atoms with E-state index in [1.807, 2.05) is 0 Å². The summed E-state index contributed by atoms with van der Waals surface area (Å²) in [5, 5.41) is 15.8. The van der Waals surface area contributed by atoms with Crippen molar-refractivity contribution in [3.8, 4) is 55.6 Å². The van der Waals surface area contributed by atoms with Crippen LogP contribution in [0.3, 0.4) is 0 Å². The maximum atomic E-state index is 7.63. The third-order valence-electron chi connectivity index (χ3n) is 20.5. The molecule has 0 saturated carbocycles. The molecule has 2 aliphatic carbocycles. The lowest BCUT2D eigenvalue weighted by Gasteiger charge is -2.33. The molecule has 94 heavy (non-hydrogen) atoms. The molecule has 0 radical (unpaired) electrons. The predicted octanol–water partition coefficient (Wildman–Crippen LogP) is 25.4. The molecular weight excluding hydrogens is 1140 g/mol. The van der Waals surface area contributed by atoms with Gasteiger partial charge in [-0.25, -0.2) is 0 Å². The largest absolute Gasteiger partial charge is 0.455 e. The van der Waals surface area contributed by atoms with Gasteiger partial charge >= 0.3 is 0 Å². The van der Waals surface area contributed by atoms with E-state index in [4.69, 9.17) is 4.42 Å². The van der Waals surface area contributed by atoms with Crippen LogP contribution in [0.5, 0.6) is 0 Å². The van der Waals surface area contributed by atoms with Crippen molar-refractivity contribution in [3.63, 3.8) is 0 Å². The minimum atomic E-state index is -0.785. The van der Waals surface area contributed by atoms with Crippen LogP contribution in [0.25, 0.3) is 121 Å². The summed E-state index contributed by atoms with van der Waals surface area (Å²) in [6, 6.07) is 111. The Bertz CT molecular complexity index is 5730. The molecule has 0 fully saturated rings. The Kier molecular flexibility index (Phi) is 12.3. The Morgan fingerprint density at radius 2 is 0.840 bits per heavy atom. The number of anilines is 5. The molecule has 1 aromatic heterocycles. The number of hydrogen-bond acceptors (Lipinski definition) is 3. The highest BCUT2D eigenvalue weighted by Gasteiger charge is 2.54. The fourth-order valence-electron chi connectivity index (χ4n) is 15.9. The van der Waals surface area contributed by atoms with E-state index in [9.17, 15) is 0 Å². The first-order valence-corrected chi connectivity index (χ1v) is 33.0. The van der Waals surface area contributed by atoms with Gasteiger partial charge in [-0.1, -0.05) is 260 Å². The topological polar surface area (TPSA) is 28.4 Å². The average Bonchev–Trinajstić information content (AvgIpc) is 1.48. The molecular formula is C91H68N2O. The second-order valence-corrected chi connectivity index (χ2v) is 28.0. The number of furan rings is 1. The predicted molar refractivity (Wildman–Crippen MR) is 398 cm³/mol. The van der Waals surface area contributed by atoms with Crippen molar-refractivity contribution >= 4 is 93.5 Å². The molecule has 0 saturated heterocycles. The molecule has 0 atom stereocenters. The fraction of sp³-hybridized carbons (Fsp3) is 0.0989.